The highest BCUT2D eigenvalue weighted by Crippen LogP contribution is 2.20. The lowest BCUT2D eigenvalue weighted by molar-refractivity contribution is -0.119. The summed E-state index contributed by atoms with van der Waals surface area (Å²) in [5, 5.41) is 2.97. The standard InChI is InChI=1S/C13H20N2O/c1-9-5-4-6-10(2)12(9)15-13(16)11(3)7-8-14/h4-6,11H,7-8,14H2,1-3H3,(H,15,16). The molecule has 1 amide bonds. The third-order valence-corrected chi connectivity index (χ3v) is 2.78. The highest BCUT2D eigenvalue weighted by Gasteiger charge is 2.13. The Morgan fingerprint density at radius 2 is 1.94 bits per heavy atom. The second kappa shape index (κ2) is 5.66. The van der Waals surface area contributed by atoms with E-state index in [0.29, 0.717) is 6.54 Å². The summed E-state index contributed by atoms with van der Waals surface area (Å²) in [5.74, 6) is 0.00635. The molecule has 1 aromatic rings. The third kappa shape index (κ3) is 3.07. The molecule has 0 aliphatic carbocycles. The first-order valence-electron chi connectivity index (χ1n) is 5.63. The molecule has 0 heterocycles. The zero-order valence-corrected chi connectivity index (χ0v) is 10.2. The minimum Gasteiger partial charge on any atom is -0.330 e. The van der Waals surface area contributed by atoms with E-state index in [9.17, 15) is 4.79 Å². The van der Waals surface area contributed by atoms with Crippen LogP contribution in [0.25, 0.3) is 0 Å². The Morgan fingerprint density at radius 3 is 2.44 bits per heavy atom. The number of nitrogens with one attached hydrogen (secondary N) is 1. The predicted molar refractivity (Wildman–Crippen MR) is 67.4 cm³/mol. The second-order valence-electron chi connectivity index (χ2n) is 4.23. The number of amides is 1. The Kier molecular flexibility index (Phi) is 4.50. The van der Waals surface area contributed by atoms with Crippen LogP contribution in [-0.4, -0.2) is 12.5 Å². The minimum absolute atomic E-state index is 0.0380. The van der Waals surface area contributed by atoms with Crippen LogP contribution in [0.1, 0.15) is 24.5 Å². The molecule has 0 spiro atoms. The van der Waals surface area contributed by atoms with Crippen molar-refractivity contribution in [1.29, 1.82) is 0 Å². The number of nitrogens with two attached hydrogens (primary N) is 1. The number of anilines is 1. The van der Waals surface area contributed by atoms with Gasteiger partial charge in [-0.15, -0.1) is 0 Å². The van der Waals surface area contributed by atoms with E-state index in [0.717, 1.165) is 23.2 Å². The maximum Gasteiger partial charge on any atom is 0.227 e. The average molecular weight is 220 g/mol. The van der Waals surface area contributed by atoms with Crippen molar-refractivity contribution < 1.29 is 4.79 Å². The SMILES string of the molecule is Cc1cccc(C)c1NC(=O)C(C)CCN. The van der Waals surface area contributed by atoms with Crippen molar-refractivity contribution >= 4 is 11.6 Å². The number of rotatable bonds is 4. The molecule has 0 radical (unpaired) electrons. The molecule has 0 aliphatic heterocycles. The molecule has 3 N–H and O–H groups in total. The topological polar surface area (TPSA) is 55.1 Å². The summed E-state index contributed by atoms with van der Waals surface area (Å²) >= 11 is 0. The van der Waals surface area contributed by atoms with Crippen molar-refractivity contribution in [2.75, 3.05) is 11.9 Å². The Bertz CT molecular complexity index is 354. The first-order chi connectivity index (χ1) is 7.56. The second-order valence-corrected chi connectivity index (χ2v) is 4.23. The monoisotopic (exact) mass is 220 g/mol. The highest BCUT2D eigenvalue weighted by molar-refractivity contribution is 5.93. The number of aryl methyl sites for hydroxylation is 2. The summed E-state index contributed by atoms with van der Waals surface area (Å²) in [6.45, 7) is 6.43. The van der Waals surface area contributed by atoms with E-state index in [1.54, 1.807) is 0 Å². The van der Waals surface area contributed by atoms with Gasteiger partial charge in [-0.05, 0) is 37.9 Å². The summed E-state index contributed by atoms with van der Waals surface area (Å²) in [6.07, 6.45) is 0.719. The molecule has 1 rings (SSSR count). The zero-order valence-electron chi connectivity index (χ0n) is 10.2. The zero-order chi connectivity index (χ0) is 12.1. The fourth-order valence-corrected chi connectivity index (χ4v) is 1.64. The number of benzene rings is 1. The molecule has 1 aromatic carbocycles. The van der Waals surface area contributed by atoms with Gasteiger partial charge in [0.1, 0.15) is 0 Å². The van der Waals surface area contributed by atoms with Gasteiger partial charge in [-0.1, -0.05) is 25.1 Å². The van der Waals surface area contributed by atoms with Crippen LogP contribution in [0.3, 0.4) is 0 Å². The van der Waals surface area contributed by atoms with E-state index in [4.69, 9.17) is 5.73 Å². The van der Waals surface area contributed by atoms with Gasteiger partial charge in [-0.25, -0.2) is 0 Å². The fourth-order valence-electron chi connectivity index (χ4n) is 1.64. The first-order valence-corrected chi connectivity index (χ1v) is 5.63. The molecule has 0 bridgehead atoms. The number of carbonyl (C=O) groups excluding carboxylic acids is 1. The highest BCUT2D eigenvalue weighted by atomic mass is 16.1. The van der Waals surface area contributed by atoms with Crippen LogP contribution in [-0.2, 0) is 4.79 Å². The Morgan fingerprint density at radius 1 is 1.38 bits per heavy atom. The molecule has 3 heteroatoms. The lowest BCUT2D eigenvalue weighted by Crippen LogP contribution is -2.23. The Balaban J connectivity index is 2.77. The molecule has 0 saturated carbocycles. The number of hydrogen-bond acceptors (Lipinski definition) is 2. The van der Waals surface area contributed by atoms with Crippen LogP contribution in [0.15, 0.2) is 18.2 Å². The van der Waals surface area contributed by atoms with Gasteiger partial charge in [-0.2, -0.15) is 0 Å². The summed E-state index contributed by atoms with van der Waals surface area (Å²) in [5.41, 5.74) is 8.55. The van der Waals surface area contributed by atoms with Gasteiger partial charge in [0.05, 0.1) is 0 Å². The molecule has 1 unspecified atom stereocenters. The third-order valence-electron chi connectivity index (χ3n) is 2.78. The fraction of sp³-hybridized carbons (Fsp3) is 0.462. The van der Waals surface area contributed by atoms with E-state index in [2.05, 4.69) is 5.32 Å². The predicted octanol–water partition coefficient (Wildman–Crippen LogP) is 2.23. The first kappa shape index (κ1) is 12.7. The van der Waals surface area contributed by atoms with Gasteiger partial charge < -0.3 is 11.1 Å². The molecule has 1 atom stereocenters. The van der Waals surface area contributed by atoms with Crippen molar-refractivity contribution in [3.05, 3.63) is 29.3 Å². The molecule has 88 valence electrons. The molecule has 3 nitrogen and oxygen atoms in total. The van der Waals surface area contributed by atoms with Gasteiger partial charge in [0.25, 0.3) is 0 Å². The molecule has 16 heavy (non-hydrogen) atoms. The van der Waals surface area contributed by atoms with Crippen LogP contribution in [0.5, 0.6) is 0 Å². The van der Waals surface area contributed by atoms with E-state index < -0.39 is 0 Å². The summed E-state index contributed by atoms with van der Waals surface area (Å²) in [7, 11) is 0. The van der Waals surface area contributed by atoms with E-state index >= 15 is 0 Å². The maximum absolute atomic E-state index is 11.8. The van der Waals surface area contributed by atoms with E-state index in [1.165, 1.54) is 0 Å². The van der Waals surface area contributed by atoms with Gasteiger partial charge in [0.2, 0.25) is 5.91 Å². The van der Waals surface area contributed by atoms with E-state index in [-0.39, 0.29) is 11.8 Å². The van der Waals surface area contributed by atoms with Crippen molar-refractivity contribution in [2.45, 2.75) is 27.2 Å². The quantitative estimate of drug-likeness (QED) is 0.817. The minimum atomic E-state index is -0.0380. The number of para-hydroxylation sites is 1. The van der Waals surface area contributed by atoms with Gasteiger partial charge in [-0.3, -0.25) is 4.79 Å². The summed E-state index contributed by atoms with van der Waals surface area (Å²) in [4.78, 5) is 11.8. The van der Waals surface area contributed by atoms with Crippen LogP contribution < -0.4 is 11.1 Å². The molecule has 0 aromatic heterocycles. The van der Waals surface area contributed by atoms with Crippen molar-refractivity contribution in [3.8, 4) is 0 Å². The molecular formula is C13H20N2O. The van der Waals surface area contributed by atoms with E-state index in [1.807, 2.05) is 39.0 Å². The normalized spacial score (nSPS) is 12.2. The van der Waals surface area contributed by atoms with Gasteiger partial charge in [0.15, 0.2) is 0 Å². The Labute approximate surface area is 97.0 Å². The smallest absolute Gasteiger partial charge is 0.227 e. The molecule has 0 aliphatic rings. The van der Waals surface area contributed by atoms with Crippen molar-refractivity contribution in [2.24, 2.45) is 11.7 Å². The molecule has 0 fully saturated rings. The van der Waals surface area contributed by atoms with Gasteiger partial charge in [0, 0.05) is 11.6 Å². The Hall–Kier alpha value is -1.35. The van der Waals surface area contributed by atoms with Crippen molar-refractivity contribution in [3.63, 3.8) is 0 Å². The summed E-state index contributed by atoms with van der Waals surface area (Å²) in [6, 6.07) is 5.98. The lowest BCUT2D eigenvalue weighted by Gasteiger charge is -2.14. The molecular weight excluding hydrogens is 200 g/mol. The maximum atomic E-state index is 11.8. The summed E-state index contributed by atoms with van der Waals surface area (Å²) < 4.78 is 0. The number of carbonyl (C=O) groups is 1. The van der Waals surface area contributed by atoms with Crippen LogP contribution in [0.4, 0.5) is 5.69 Å². The van der Waals surface area contributed by atoms with Gasteiger partial charge >= 0.3 is 0 Å². The molecule has 0 saturated heterocycles. The van der Waals surface area contributed by atoms with Crippen molar-refractivity contribution in [1.82, 2.24) is 0 Å². The number of hydrogen-bond donors (Lipinski definition) is 2. The largest absolute Gasteiger partial charge is 0.330 e. The van der Waals surface area contributed by atoms with Crippen LogP contribution >= 0.6 is 0 Å². The lowest BCUT2D eigenvalue weighted by atomic mass is 10.1. The average Bonchev–Trinajstić information content (AvgIpc) is 2.23. The van der Waals surface area contributed by atoms with Crippen LogP contribution in [0, 0.1) is 19.8 Å². The van der Waals surface area contributed by atoms with Crippen LogP contribution in [0.2, 0.25) is 0 Å².